The van der Waals surface area contributed by atoms with Gasteiger partial charge in [-0.1, -0.05) is 25.1 Å². The Bertz CT molecular complexity index is 624. The monoisotopic (exact) mass is 287 g/mol. The maximum atomic E-state index is 11.4. The molecule has 1 heterocycles. The third-order valence-electron chi connectivity index (χ3n) is 4.62. The van der Waals surface area contributed by atoms with Crippen LogP contribution >= 0.6 is 0 Å². The minimum absolute atomic E-state index is 0.0826. The minimum Gasteiger partial charge on any atom is -0.481 e. The van der Waals surface area contributed by atoms with Gasteiger partial charge in [0.15, 0.2) is 0 Å². The van der Waals surface area contributed by atoms with Crippen molar-refractivity contribution in [1.82, 2.24) is 4.90 Å². The zero-order chi connectivity index (χ0) is 15.0. The second-order valence-electron chi connectivity index (χ2n) is 6.01. The number of hydrogen-bond acceptors (Lipinski definition) is 3. The van der Waals surface area contributed by atoms with Crippen LogP contribution in [0.15, 0.2) is 34.7 Å². The Kier molecular flexibility index (Phi) is 3.49. The second kappa shape index (κ2) is 5.19. The highest BCUT2D eigenvalue weighted by molar-refractivity contribution is 5.78. The Morgan fingerprint density at radius 2 is 2.14 bits per heavy atom. The maximum absolute atomic E-state index is 11.4. The fourth-order valence-corrected chi connectivity index (χ4v) is 2.89. The normalized spacial score (nSPS) is 18.0. The third kappa shape index (κ3) is 2.56. The first-order valence-corrected chi connectivity index (χ1v) is 7.52. The first kappa shape index (κ1) is 14.1. The summed E-state index contributed by atoms with van der Waals surface area (Å²) in [6.07, 6.45) is 1.57. The standard InChI is InChI=1S/C17H21NO3/c1-3-18(11-17(8-9-17)16(19)20)12(2)15-10-13-6-4-5-7-14(13)21-15/h4-7,10,12H,3,8-9,11H2,1-2H3,(H,19,20). The van der Waals surface area contributed by atoms with Crippen molar-refractivity contribution < 1.29 is 14.3 Å². The number of nitrogens with zero attached hydrogens (tertiary/aromatic N) is 1. The molecule has 1 aliphatic carbocycles. The number of aliphatic carboxylic acids is 1. The summed E-state index contributed by atoms with van der Waals surface area (Å²) in [5.41, 5.74) is 0.353. The first-order chi connectivity index (χ1) is 10.1. The van der Waals surface area contributed by atoms with Crippen molar-refractivity contribution in [2.45, 2.75) is 32.7 Å². The average Bonchev–Trinajstić information content (AvgIpc) is 3.14. The van der Waals surface area contributed by atoms with Crippen LogP contribution in [0.5, 0.6) is 0 Å². The summed E-state index contributed by atoms with van der Waals surface area (Å²) < 4.78 is 5.92. The van der Waals surface area contributed by atoms with Gasteiger partial charge < -0.3 is 9.52 Å². The molecule has 0 aliphatic heterocycles. The molecular formula is C17H21NO3. The van der Waals surface area contributed by atoms with Crippen LogP contribution in [-0.2, 0) is 4.79 Å². The minimum atomic E-state index is -0.669. The predicted octanol–water partition coefficient (Wildman–Crippen LogP) is 3.68. The fraction of sp³-hybridized carbons (Fsp3) is 0.471. The molecular weight excluding hydrogens is 266 g/mol. The summed E-state index contributed by atoms with van der Waals surface area (Å²) in [5, 5.41) is 10.5. The Labute approximate surface area is 124 Å². The van der Waals surface area contributed by atoms with E-state index in [4.69, 9.17) is 4.42 Å². The SMILES string of the molecule is CCN(CC1(C(=O)O)CC1)C(C)c1cc2ccccc2o1. The lowest BCUT2D eigenvalue weighted by molar-refractivity contribution is -0.144. The van der Waals surface area contributed by atoms with Crippen molar-refractivity contribution in [3.05, 3.63) is 36.1 Å². The fourth-order valence-electron chi connectivity index (χ4n) is 2.89. The number of carbonyl (C=O) groups is 1. The number of rotatable bonds is 6. The van der Waals surface area contributed by atoms with E-state index in [-0.39, 0.29) is 6.04 Å². The topological polar surface area (TPSA) is 53.7 Å². The van der Waals surface area contributed by atoms with Crippen LogP contribution in [0.25, 0.3) is 11.0 Å². The number of carboxylic acids is 1. The molecule has 1 unspecified atom stereocenters. The molecule has 21 heavy (non-hydrogen) atoms. The molecule has 1 fully saturated rings. The van der Waals surface area contributed by atoms with Crippen molar-refractivity contribution in [1.29, 1.82) is 0 Å². The Morgan fingerprint density at radius 1 is 1.43 bits per heavy atom. The van der Waals surface area contributed by atoms with E-state index >= 15 is 0 Å². The summed E-state index contributed by atoms with van der Waals surface area (Å²) >= 11 is 0. The van der Waals surface area contributed by atoms with E-state index in [0.717, 1.165) is 36.1 Å². The number of benzene rings is 1. The van der Waals surface area contributed by atoms with Gasteiger partial charge in [-0.25, -0.2) is 0 Å². The number of furan rings is 1. The number of hydrogen-bond donors (Lipinski definition) is 1. The van der Waals surface area contributed by atoms with Crippen LogP contribution < -0.4 is 0 Å². The summed E-state index contributed by atoms with van der Waals surface area (Å²) in [4.78, 5) is 13.6. The van der Waals surface area contributed by atoms with Crippen LogP contribution in [0.3, 0.4) is 0 Å². The van der Waals surface area contributed by atoms with Crippen LogP contribution in [0.4, 0.5) is 0 Å². The summed E-state index contributed by atoms with van der Waals surface area (Å²) in [6, 6.07) is 10.1. The largest absolute Gasteiger partial charge is 0.481 e. The second-order valence-corrected chi connectivity index (χ2v) is 6.01. The average molecular weight is 287 g/mol. The lowest BCUT2D eigenvalue weighted by Crippen LogP contribution is -2.36. The zero-order valence-corrected chi connectivity index (χ0v) is 12.5. The van der Waals surface area contributed by atoms with Gasteiger partial charge in [0.25, 0.3) is 0 Å². The van der Waals surface area contributed by atoms with Gasteiger partial charge in [-0.2, -0.15) is 0 Å². The molecule has 112 valence electrons. The number of para-hydroxylation sites is 1. The van der Waals surface area contributed by atoms with E-state index in [1.807, 2.05) is 24.3 Å². The molecule has 1 atom stereocenters. The van der Waals surface area contributed by atoms with Crippen molar-refractivity contribution in [3.63, 3.8) is 0 Å². The predicted molar refractivity (Wildman–Crippen MR) is 81.2 cm³/mol. The molecule has 4 heteroatoms. The van der Waals surface area contributed by atoms with Crippen molar-refractivity contribution in [2.75, 3.05) is 13.1 Å². The van der Waals surface area contributed by atoms with Crippen LogP contribution in [0.1, 0.15) is 38.5 Å². The van der Waals surface area contributed by atoms with Gasteiger partial charge in [-0.05, 0) is 38.4 Å². The summed E-state index contributed by atoms with van der Waals surface area (Å²) in [6.45, 7) is 5.56. The van der Waals surface area contributed by atoms with E-state index < -0.39 is 11.4 Å². The molecule has 0 saturated heterocycles. The molecule has 0 radical (unpaired) electrons. The molecule has 0 bridgehead atoms. The van der Waals surface area contributed by atoms with Crippen LogP contribution in [0.2, 0.25) is 0 Å². The van der Waals surface area contributed by atoms with Crippen LogP contribution in [-0.4, -0.2) is 29.1 Å². The smallest absolute Gasteiger partial charge is 0.310 e. The Morgan fingerprint density at radius 3 is 2.71 bits per heavy atom. The molecule has 1 saturated carbocycles. The van der Waals surface area contributed by atoms with Gasteiger partial charge in [0, 0.05) is 11.9 Å². The van der Waals surface area contributed by atoms with E-state index in [0.29, 0.717) is 6.54 Å². The molecule has 2 aromatic rings. The summed E-state index contributed by atoms with van der Waals surface area (Å²) in [7, 11) is 0. The van der Waals surface area contributed by atoms with E-state index in [1.54, 1.807) is 0 Å². The van der Waals surface area contributed by atoms with Gasteiger partial charge in [0.1, 0.15) is 11.3 Å². The van der Waals surface area contributed by atoms with Gasteiger partial charge in [0.05, 0.1) is 11.5 Å². The van der Waals surface area contributed by atoms with Crippen molar-refractivity contribution in [2.24, 2.45) is 5.41 Å². The molecule has 1 N–H and O–H groups in total. The highest BCUT2D eigenvalue weighted by atomic mass is 16.4. The van der Waals surface area contributed by atoms with Crippen molar-refractivity contribution >= 4 is 16.9 Å². The molecule has 3 rings (SSSR count). The third-order valence-corrected chi connectivity index (χ3v) is 4.62. The lowest BCUT2D eigenvalue weighted by atomic mass is 10.1. The number of carboxylic acid groups (broad SMARTS) is 1. The van der Waals surface area contributed by atoms with Gasteiger partial charge >= 0.3 is 5.97 Å². The van der Waals surface area contributed by atoms with Gasteiger partial charge in [-0.3, -0.25) is 9.69 Å². The van der Waals surface area contributed by atoms with Crippen LogP contribution in [0, 0.1) is 5.41 Å². The highest BCUT2D eigenvalue weighted by Gasteiger charge is 2.51. The van der Waals surface area contributed by atoms with E-state index in [9.17, 15) is 9.90 Å². The van der Waals surface area contributed by atoms with E-state index in [2.05, 4.69) is 24.8 Å². The van der Waals surface area contributed by atoms with E-state index in [1.165, 1.54) is 0 Å². The first-order valence-electron chi connectivity index (χ1n) is 7.52. The molecule has 4 nitrogen and oxygen atoms in total. The summed E-state index contributed by atoms with van der Waals surface area (Å²) in [5.74, 6) is 0.233. The lowest BCUT2D eigenvalue weighted by Gasteiger charge is -2.29. The molecule has 1 aliphatic rings. The highest BCUT2D eigenvalue weighted by Crippen LogP contribution is 2.47. The Hall–Kier alpha value is -1.81. The quantitative estimate of drug-likeness (QED) is 0.880. The van der Waals surface area contributed by atoms with Gasteiger partial charge in [-0.15, -0.1) is 0 Å². The molecule has 0 amide bonds. The molecule has 1 aromatic carbocycles. The molecule has 0 spiro atoms. The number of fused-ring (bicyclic) bond motifs is 1. The maximum Gasteiger partial charge on any atom is 0.310 e. The van der Waals surface area contributed by atoms with Gasteiger partial charge in [0.2, 0.25) is 0 Å². The Balaban J connectivity index is 1.81. The zero-order valence-electron chi connectivity index (χ0n) is 12.5. The molecule has 1 aromatic heterocycles. The van der Waals surface area contributed by atoms with Crippen molar-refractivity contribution in [3.8, 4) is 0 Å².